The summed E-state index contributed by atoms with van der Waals surface area (Å²) in [4.78, 5) is 41.0. The summed E-state index contributed by atoms with van der Waals surface area (Å²) in [7, 11) is 0. The van der Waals surface area contributed by atoms with Crippen molar-refractivity contribution in [1.29, 1.82) is 0 Å². The molecule has 8 nitrogen and oxygen atoms in total. The van der Waals surface area contributed by atoms with Gasteiger partial charge in [0.1, 0.15) is 11.6 Å². The minimum Gasteiger partial charge on any atom is -0.458 e. The first-order valence-corrected chi connectivity index (χ1v) is 10.6. The van der Waals surface area contributed by atoms with E-state index < -0.39 is 23.6 Å². The molecule has 3 rings (SSSR count). The number of benzene rings is 2. The Kier molecular flexibility index (Phi) is 7.61. The van der Waals surface area contributed by atoms with E-state index in [2.05, 4.69) is 15.6 Å². The fourth-order valence-electron chi connectivity index (χ4n) is 3.19. The minimum atomic E-state index is -0.858. The summed E-state index contributed by atoms with van der Waals surface area (Å²) in [6.07, 6.45) is 3.39. The van der Waals surface area contributed by atoms with E-state index in [1.807, 2.05) is 36.4 Å². The van der Waals surface area contributed by atoms with Gasteiger partial charge in [-0.05, 0) is 50.1 Å². The smallest absolute Gasteiger partial charge is 0.347 e. The maximum Gasteiger partial charge on any atom is 0.347 e. The third-order valence-corrected chi connectivity index (χ3v) is 4.60. The lowest BCUT2D eigenvalue weighted by Crippen LogP contribution is -2.47. The molecule has 0 fully saturated rings. The predicted octanol–water partition coefficient (Wildman–Crippen LogP) is 3.37. The van der Waals surface area contributed by atoms with Crippen LogP contribution in [0.5, 0.6) is 0 Å². The summed E-state index contributed by atoms with van der Waals surface area (Å²) >= 11 is 0. The van der Waals surface area contributed by atoms with Gasteiger partial charge in [0.05, 0.1) is 6.54 Å². The first-order valence-electron chi connectivity index (χ1n) is 10.6. The van der Waals surface area contributed by atoms with Crippen LogP contribution >= 0.6 is 0 Å². The normalized spacial score (nSPS) is 12.0. The Bertz CT molecular complexity index is 1150. The zero-order valence-corrected chi connectivity index (χ0v) is 18.9. The van der Waals surface area contributed by atoms with Gasteiger partial charge in [-0.2, -0.15) is 0 Å². The van der Waals surface area contributed by atoms with Gasteiger partial charge in [-0.1, -0.05) is 42.5 Å². The molecule has 0 saturated carbocycles. The van der Waals surface area contributed by atoms with Crippen LogP contribution in [0, 0.1) is 0 Å². The van der Waals surface area contributed by atoms with E-state index in [1.165, 1.54) is 10.8 Å². The number of urea groups is 1. The highest BCUT2D eigenvalue weighted by atomic mass is 16.6. The SMILES string of the molecule is CC(C)(C)OC(=O)C(Cc1ccccc1)NC(=O)Nc1cccc(Cn2cccnc2=O)c1. The Morgan fingerprint density at radius 2 is 1.76 bits per heavy atom. The van der Waals surface area contributed by atoms with Crippen molar-refractivity contribution in [2.75, 3.05) is 5.32 Å². The van der Waals surface area contributed by atoms with Gasteiger partial charge in [-0.25, -0.2) is 19.4 Å². The number of anilines is 1. The summed E-state index contributed by atoms with van der Waals surface area (Å²) < 4.78 is 6.97. The van der Waals surface area contributed by atoms with E-state index in [4.69, 9.17) is 4.74 Å². The molecule has 33 heavy (non-hydrogen) atoms. The van der Waals surface area contributed by atoms with Crippen LogP contribution in [0.4, 0.5) is 10.5 Å². The van der Waals surface area contributed by atoms with Crippen LogP contribution in [0.2, 0.25) is 0 Å². The Hall–Kier alpha value is -3.94. The van der Waals surface area contributed by atoms with Crippen LogP contribution in [0.15, 0.2) is 77.9 Å². The van der Waals surface area contributed by atoms with Gasteiger partial charge in [0.15, 0.2) is 0 Å². The predicted molar refractivity (Wildman–Crippen MR) is 126 cm³/mol. The topological polar surface area (TPSA) is 102 Å². The number of carbonyl (C=O) groups is 2. The molecule has 2 aromatic carbocycles. The van der Waals surface area contributed by atoms with Crippen molar-refractivity contribution in [3.05, 3.63) is 94.7 Å². The lowest BCUT2D eigenvalue weighted by Gasteiger charge is -2.25. The number of hydrogen-bond acceptors (Lipinski definition) is 5. The molecule has 0 aliphatic carbocycles. The van der Waals surface area contributed by atoms with Crippen molar-refractivity contribution in [2.45, 2.75) is 45.4 Å². The molecule has 0 aliphatic heterocycles. The summed E-state index contributed by atoms with van der Waals surface area (Å²) in [6.45, 7) is 5.66. The van der Waals surface area contributed by atoms with E-state index in [0.717, 1.165) is 11.1 Å². The molecule has 1 aromatic heterocycles. The first kappa shape index (κ1) is 23.7. The maximum atomic E-state index is 12.7. The molecule has 1 heterocycles. The number of carbonyl (C=O) groups excluding carboxylic acids is 2. The van der Waals surface area contributed by atoms with Crippen LogP contribution in [0.25, 0.3) is 0 Å². The van der Waals surface area contributed by atoms with Gasteiger partial charge in [-0.3, -0.25) is 4.57 Å². The Labute approximate surface area is 192 Å². The lowest BCUT2D eigenvalue weighted by molar-refractivity contribution is -0.157. The molecule has 172 valence electrons. The van der Waals surface area contributed by atoms with Crippen molar-refractivity contribution in [3.63, 3.8) is 0 Å². The van der Waals surface area contributed by atoms with Crippen molar-refractivity contribution >= 4 is 17.7 Å². The number of rotatable bonds is 7. The van der Waals surface area contributed by atoms with E-state index in [-0.39, 0.29) is 5.69 Å². The fraction of sp³-hybridized carbons (Fsp3) is 0.280. The molecule has 0 bridgehead atoms. The molecule has 3 aromatic rings. The number of hydrogen-bond donors (Lipinski definition) is 2. The fourth-order valence-corrected chi connectivity index (χ4v) is 3.19. The van der Waals surface area contributed by atoms with Crippen LogP contribution in [0.3, 0.4) is 0 Å². The zero-order chi connectivity index (χ0) is 23.8. The van der Waals surface area contributed by atoms with Crippen LogP contribution in [0.1, 0.15) is 31.9 Å². The van der Waals surface area contributed by atoms with Gasteiger partial charge >= 0.3 is 17.7 Å². The summed E-state index contributed by atoms with van der Waals surface area (Å²) in [5, 5.41) is 5.48. The Morgan fingerprint density at radius 1 is 1.03 bits per heavy atom. The minimum absolute atomic E-state index is 0.299. The zero-order valence-electron chi connectivity index (χ0n) is 18.9. The summed E-state index contributed by atoms with van der Waals surface area (Å²) in [6, 6.07) is 16.8. The standard InChI is InChI=1S/C25H28N4O4/c1-25(2,3)33-22(30)21(16-18-9-5-4-6-10-18)28-23(31)27-20-12-7-11-19(15-20)17-29-14-8-13-26-24(29)32/h4-15,21H,16-17H2,1-3H3,(H2,27,28,31). The quantitative estimate of drug-likeness (QED) is 0.540. The largest absolute Gasteiger partial charge is 0.458 e. The van der Waals surface area contributed by atoms with Gasteiger partial charge < -0.3 is 15.4 Å². The van der Waals surface area contributed by atoms with Crippen molar-refractivity contribution in [3.8, 4) is 0 Å². The molecule has 8 heteroatoms. The van der Waals surface area contributed by atoms with Crippen LogP contribution < -0.4 is 16.3 Å². The number of aromatic nitrogens is 2. The summed E-state index contributed by atoms with van der Waals surface area (Å²) in [5.74, 6) is -0.508. The molecule has 0 radical (unpaired) electrons. The van der Waals surface area contributed by atoms with Crippen molar-refractivity contribution in [2.24, 2.45) is 0 Å². The Morgan fingerprint density at radius 3 is 2.45 bits per heavy atom. The average Bonchev–Trinajstić information content (AvgIpc) is 2.75. The average molecular weight is 449 g/mol. The molecular formula is C25H28N4O4. The van der Waals surface area contributed by atoms with Gasteiger partial charge in [-0.15, -0.1) is 0 Å². The van der Waals surface area contributed by atoms with Gasteiger partial charge in [0.2, 0.25) is 0 Å². The second-order valence-electron chi connectivity index (χ2n) is 8.60. The third kappa shape index (κ3) is 7.60. The number of esters is 1. The first-order chi connectivity index (χ1) is 15.7. The van der Waals surface area contributed by atoms with Crippen LogP contribution in [-0.4, -0.2) is 33.2 Å². The molecule has 0 saturated heterocycles. The molecule has 1 atom stereocenters. The highest BCUT2D eigenvalue weighted by molar-refractivity contribution is 5.92. The Balaban J connectivity index is 1.69. The molecule has 0 spiro atoms. The van der Waals surface area contributed by atoms with Crippen LogP contribution in [-0.2, 0) is 22.5 Å². The van der Waals surface area contributed by atoms with Gasteiger partial charge in [0, 0.05) is 24.5 Å². The molecule has 2 amide bonds. The molecule has 1 unspecified atom stereocenters. The van der Waals surface area contributed by atoms with Crippen molar-refractivity contribution in [1.82, 2.24) is 14.9 Å². The van der Waals surface area contributed by atoms with Crippen molar-refractivity contribution < 1.29 is 14.3 Å². The molecular weight excluding hydrogens is 420 g/mol. The van der Waals surface area contributed by atoms with E-state index in [9.17, 15) is 14.4 Å². The number of nitrogens with one attached hydrogen (secondary N) is 2. The van der Waals surface area contributed by atoms with E-state index >= 15 is 0 Å². The highest BCUT2D eigenvalue weighted by Gasteiger charge is 2.27. The number of amides is 2. The van der Waals surface area contributed by atoms with E-state index in [1.54, 1.807) is 51.2 Å². The number of nitrogens with zero attached hydrogens (tertiary/aromatic N) is 2. The second-order valence-corrected chi connectivity index (χ2v) is 8.60. The highest BCUT2D eigenvalue weighted by Crippen LogP contribution is 2.14. The monoisotopic (exact) mass is 448 g/mol. The van der Waals surface area contributed by atoms with Gasteiger partial charge in [0.25, 0.3) is 0 Å². The molecule has 0 aliphatic rings. The maximum absolute atomic E-state index is 12.7. The third-order valence-electron chi connectivity index (χ3n) is 4.60. The molecule has 2 N–H and O–H groups in total. The number of ether oxygens (including phenoxy) is 1. The summed E-state index contributed by atoms with van der Waals surface area (Å²) in [5.41, 5.74) is 1.22. The van der Waals surface area contributed by atoms with E-state index in [0.29, 0.717) is 18.7 Å². The lowest BCUT2D eigenvalue weighted by atomic mass is 10.1. The second kappa shape index (κ2) is 10.6.